The average molecular weight is 694 g/mol. The van der Waals surface area contributed by atoms with Gasteiger partial charge in [-0.15, -0.1) is 0 Å². The first-order valence-electron chi connectivity index (χ1n) is 18.4. The molecule has 0 unspecified atom stereocenters. The van der Waals surface area contributed by atoms with Gasteiger partial charge in [-0.05, 0) is 105 Å². The summed E-state index contributed by atoms with van der Waals surface area (Å²) in [7, 11) is 0. The summed E-state index contributed by atoms with van der Waals surface area (Å²) in [6.45, 7) is 5.49. The fraction of sp³-hybridized carbons (Fsp3) is 0.0189. The summed E-state index contributed by atoms with van der Waals surface area (Å²) in [5.41, 5.74) is 13.1. The van der Waals surface area contributed by atoms with Crippen LogP contribution in [-0.4, -0.2) is 0 Å². The molecule has 260 valence electrons. The van der Waals surface area contributed by atoms with E-state index in [2.05, 4.69) is 212 Å². The van der Waals surface area contributed by atoms with Gasteiger partial charge in [0.15, 0.2) is 0 Å². The Hall–Kier alpha value is -6.96. The van der Waals surface area contributed by atoms with E-state index in [1.54, 1.807) is 6.08 Å². The molecule has 0 amide bonds. The lowest BCUT2D eigenvalue weighted by atomic mass is 9.96. The lowest BCUT2D eigenvalue weighted by Crippen LogP contribution is -2.09. The molecular formula is C53H43N. The average Bonchev–Trinajstić information content (AvgIpc) is 3.25. The summed E-state index contributed by atoms with van der Waals surface area (Å²) < 4.78 is 0. The minimum Gasteiger partial charge on any atom is -0.311 e. The van der Waals surface area contributed by atoms with Gasteiger partial charge in [0.1, 0.15) is 0 Å². The molecule has 0 bridgehead atoms. The lowest BCUT2D eigenvalue weighted by molar-refractivity contribution is 1.28. The van der Waals surface area contributed by atoms with E-state index in [9.17, 15) is 0 Å². The Bertz CT molecular complexity index is 2470. The van der Waals surface area contributed by atoms with E-state index in [-0.39, 0.29) is 0 Å². The SMILES string of the molecule is C=C/C=C\C=C/C.c1ccc(-c2cccc(-c3ccc(N(c4ccccc4)c4ccc(-c5ccc(-c6cccc7ccccc67)cc5)cc4)cc3)c2)cc1. The molecule has 0 N–H and O–H groups in total. The monoisotopic (exact) mass is 693 g/mol. The van der Waals surface area contributed by atoms with E-state index in [4.69, 9.17) is 0 Å². The smallest absolute Gasteiger partial charge is 0.0462 e. The summed E-state index contributed by atoms with van der Waals surface area (Å²) in [5.74, 6) is 0. The zero-order valence-electron chi connectivity index (χ0n) is 30.6. The maximum absolute atomic E-state index is 3.51. The molecule has 0 saturated carbocycles. The molecule has 0 radical (unpaired) electrons. The predicted octanol–water partition coefficient (Wildman–Crippen LogP) is 15.3. The molecule has 0 heterocycles. The van der Waals surface area contributed by atoms with Crippen LogP contribution in [0.1, 0.15) is 6.92 Å². The number of allylic oxidation sites excluding steroid dienone is 5. The van der Waals surface area contributed by atoms with Crippen molar-refractivity contribution in [3.8, 4) is 44.5 Å². The number of hydrogen-bond acceptors (Lipinski definition) is 1. The molecule has 0 atom stereocenters. The molecule has 0 spiro atoms. The normalized spacial score (nSPS) is 11.0. The summed E-state index contributed by atoms with van der Waals surface area (Å²) in [4.78, 5) is 2.32. The number of fused-ring (bicyclic) bond motifs is 1. The minimum atomic E-state index is 1.12. The van der Waals surface area contributed by atoms with Gasteiger partial charge in [-0.1, -0.05) is 195 Å². The summed E-state index contributed by atoms with van der Waals surface area (Å²) >= 11 is 0. The van der Waals surface area contributed by atoms with Crippen molar-refractivity contribution in [3.63, 3.8) is 0 Å². The summed E-state index contributed by atoms with van der Waals surface area (Å²) in [5, 5.41) is 2.54. The fourth-order valence-corrected chi connectivity index (χ4v) is 6.71. The van der Waals surface area contributed by atoms with Gasteiger partial charge in [-0.3, -0.25) is 0 Å². The van der Waals surface area contributed by atoms with Crippen LogP contribution in [0.25, 0.3) is 55.3 Å². The van der Waals surface area contributed by atoms with Crippen LogP contribution in [0.2, 0.25) is 0 Å². The number of anilines is 3. The highest BCUT2D eigenvalue weighted by Crippen LogP contribution is 2.37. The Morgan fingerprint density at radius 2 is 0.815 bits per heavy atom. The molecule has 0 fully saturated rings. The van der Waals surface area contributed by atoms with Crippen molar-refractivity contribution in [1.82, 2.24) is 0 Å². The van der Waals surface area contributed by atoms with E-state index < -0.39 is 0 Å². The van der Waals surface area contributed by atoms with E-state index in [0.29, 0.717) is 0 Å². The predicted molar refractivity (Wildman–Crippen MR) is 235 cm³/mol. The van der Waals surface area contributed by atoms with Crippen molar-refractivity contribution in [2.45, 2.75) is 6.92 Å². The van der Waals surface area contributed by atoms with Crippen molar-refractivity contribution < 1.29 is 0 Å². The van der Waals surface area contributed by atoms with Gasteiger partial charge in [-0.25, -0.2) is 0 Å². The van der Waals surface area contributed by atoms with Crippen molar-refractivity contribution in [2.24, 2.45) is 0 Å². The summed E-state index contributed by atoms with van der Waals surface area (Å²) in [6.07, 6.45) is 9.51. The molecule has 8 aromatic rings. The number of para-hydroxylation sites is 1. The van der Waals surface area contributed by atoms with Crippen LogP contribution in [0, 0.1) is 0 Å². The highest BCUT2D eigenvalue weighted by atomic mass is 15.1. The lowest BCUT2D eigenvalue weighted by Gasteiger charge is -2.26. The van der Waals surface area contributed by atoms with Crippen molar-refractivity contribution in [3.05, 3.63) is 237 Å². The highest BCUT2D eigenvalue weighted by molar-refractivity contribution is 5.97. The van der Waals surface area contributed by atoms with E-state index >= 15 is 0 Å². The van der Waals surface area contributed by atoms with E-state index in [1.165, 1.54) is 55.3 Å². The fourth-order valence-electron chi connectivity index (χ4n) is 6.71. The molecule has 1 heteroatoms. The van der Waals surface area contributed by atoms with Crippen molar-refractivity contribution in [2.75, 3.05) is 4.90 Å². The quantitative estimate of drug-likeness (QED) is 0.136. The van der Waals surface area contributed by atoms with E-state index in [1.807, 2.05) is 31.2 Å². The first-order valence-corrected chi connectivity index (χ1v) is 18.4. The Morgan fingerprint density at radius 3 is 1.43 bits per heavy atom. The Kier molecular flexibility index (Phi) is 11.5. The topological polar surface area (TPSA) is 3.24 Å². The van der Waals surface area contributed by atoms with Crippen LogP contribution in [0.5, 0.6) is 0 Å². The molecule has 1 nitrogen and oxygen atoms in total. The Morgan fingerprint density at radius 1 is 0.370 bits per heavy atom. The maximum atomic E-state index is 3.51. The van der Waals surface area contributed by atoms with Gasteiger partial charge in [0.05, 0.1) is 0 Å². The molecular weight excluding hydrogens is 651 g/mol. The molecule has 0 aliphatic carbocycles. The molecule has 8 rings (SSSR count). The van der Waals surface area contributed by atoms with Crippen molar-refractivity contribution in [1.29, 1.82) is 0 Å². The third-order valence-electron chi connectivity index (χ3n) is 9.44. The van der Waals surface area contributed by atoms with Gasteiger partial charge in [-0.2, -0.15) is 0 Å². The van der Waals surface area contributed by atoms with Gasteiger partial charge in [0.2, 0.25) is 0 Å². The Balaban J connectivity index is 0.000000588. The van der Waals surface area contributed by atoms with Crippen LogP contribution in [0.4, 0.5) is 17.1 Å². The number of nitrogens with zero attached hydrogens (tertiary/aromatic N) is 1. The molecule has 54 heavy (non-hydrogen) atoms. The second-order valence-corrected chi connectivity index (χ2v) is 13.0. The minimum absolute atomic E-state index is 1.12. The largest absolute Gasteiger partial charge is 0.311 e. The van der Waals surface area contributed by atoms with Crippen LogP contribution in [0.3, 0.4) is 0 Å². The number of rotatable bonds is 9. The first kappa shape index (κ1) is 35.4. The Labute approximate surface area is 320 Å². The standard InChI is InChI=1S/C46H33N.C7H10/c1-3-11-34(12-4-1)40-15-9-16-41(33-40)37-27-31-44(32-28-37)47(42-17-5-2-6-18-42)43-29-25-36(26-30-43)35-21-23-39(24-22-35)46-20-10-14-38-13-7-8-19-45(38)46;1-3-5-7-6-4-2/h1-33H;3-7H,1H2,2H3/b;6-4-,7-5-. The second-order valence-electron chi connectivity index (χ2n) is 13.0. The highest BCUT2D eigenvalue weighted by Gasteiger charge is 2.13. The first-order chi connectivity index (χ1) is 26.7. The van der Waals surface area contributed by atoms with Crippen LogP contribution in [0.15, 0.2) is 237 Å². The van der Waals surface area contributed by atoms with Gasteiger partial charge in [0, 0.05) is 17.1 Å². The number of hydrogen-bond donors (Lipinski definition) is 0. The molecule has 0 saturated heterocycles. The van der Waals surface area contributed by atoms with Gasteiger partial charge < -0.3 is 4.90 Å². The second kappa shape index (κ2) is 17.5. The molecule has 0 aromatic heterocycles. The van der Waals surface area contributed by atoms with Gasteiger partial charge >= 0.3 is 0 Å². The zero-order valence-corrected chi connectivity index (χ0v) is 30.6. The van der Waals surface area contributed by atoms with Crippen molar-refractivity contribution >= 4 is 27.8 Å². The third kappa shape index (κ3) is 8.39. The van der Waals surface area contributed by atoms with Crippen LogP contribution < -0.4 is 4.90 Å². The van der Waals surface area contributed by atoms with Crippen LogP contribution >= 0.6 is 0 Å². The maximum Gasteiger partial charge on any atom is 0.0462 e. The summed E-state index contributed by atoms with van der Waals surface area (Å²) in [6, 6.07) is 71.7. The van der Waals surface area contributed by atoms with Gasteiger partial charge in [0.25, 0.3) is 0 Å². The van der Waals surface area contributed by atoms with Crippen LogP contribution in [-0.2, 0) is 0 Å². The molecule has 0 aliphatic rings. The van der Waals surface area contributed by atoms with E-state index in [0.717, 1.165) is 17.1 Å². The molecule has 0 aliphatic heterocycles. The third-order valence-corrected chi connectivity index (χ3v) is 9.44. The molecule has 8 aromatic carbocycles. The number of benzene rings is 8. The zero-order chi connectivity index (χ0) is 37.0.